The average Bonchev–Trinajstić information content (AvgIpc) is 2.81. The number of hydrogen-bond donors (Lipinski definition) is 2. The first-order valence-electron chi connectivity index (χ1n) is 6.44. The summed E-state index contributed by atoms with van der Waals surface area (Å²) >= 11 is 0. The van der Waals surface area contributed by atoms with Crippen LogP contribution in [-0.2, 0) is 4.74 Å². The van der Waals surface area contributed by atoms with Crippen LogP contribution in [0.25, 0.3) is 0 Å². The minimum absolute atomic E-state index is 0.551. The van der Waals surface area contributed by atoms with Crippen LogP contribution in [-0.4, -0.2) is 31.8 Å². The van der Waals surface area contributed by atoms with Crippen molar-refractivity contribution < 1.29 is 4.74 Å². The lowest BCUT2D eigenvalue weighted by molar-refractivity contribution is 0.0726. The van der Waals surface area contributed by atoms with Crippen molar-refractivity contribution >= 4 is 0 Å². The van der Waals surface area contributed by atoms with Gasteiger partial charge in [0.25, 0.3) is 0 Å². The van der Waals surface area contributed by atoms with Crippen LogP contribution in [0.5, 0.6) is 0 Å². The van der Waals surface area contributed by atoms with Gasteiger partial charge in [0.15, 0.2) is 0 Å². The van der Waals surface area contributed by atoms with E-state index in [1.807, 2.05) is 0 Å². The molecule has 3 heteroatoms. The van der Waals surface area contributed by atoms with Crippen molar-refractivity contribution in [2.24, 2.45) is 11.7 Å². The summed E-state index contributed by atoms with van der Waals surface area (Å²) in [5.74, 6) is 0.831. The summed E-state index contributed by atoms with van der Waals surface area (Å²) in [6.07, 6.45) is 7.86. The third-order valence-electron chi connectivity index (χ3n) is 3.89. The third-order valence-corrected chi connectivity index (χ3v) is 3.89. The summed E-state index contributed by atoms with van der Waals surface area (Å²) in [5, 5.41) is 3.74. The molecule has 3 N–H and O–H groups in total. The van der Waals surface area contributed by atoms with Gasteiger partial charge in [0.2, 0.25) is 0 Å². The Morgan fingerprint density at radius 3 is 2.40 bits per heavy atom. The Kier molecular flexibility index (Phi) is 4.42. The van der Waals surface area contributed by atoms with Gasteiger partial charge in [0.1, 0.15) is 0 Å². The van der Waals surface area contributed by atoms with Crippen molar-refractivity contribution in [3.8, 4) is 0 Å². The molecule has 1 aliphatic carbocycles. The minimum Gasteiger partial charge on any atom is -0.381 e. The Morgan fingerprint density at radius 1 is 1.13 bits per heavy atom. The van der Waals surface area contributed by atoms with Crippen LogP contribution < -0.4 is 11.1 Å². The smallest absolute Gasteiger partial charge is 0.0480 e. The predicted octanol–water partition coefficient (Wildman–Crippen LogP) is 1.27. The van der Waals surface area contributed by atoms with Crippen LogP contribution in [0, 0.1) is 5.92 Å². The van der Waals surface area contributed by atoms with Crippen LogP contribution >= 0.6 is 0 Å². The maximum atomic E-state index is 5.88. The zero-order valence-electron chi connectivity index (χ0n) is 9.58. The third kappa shape index (κ3) is 3.16. The largest absolute Gasteiger partial charge is 0.381 e. The molecule has 0 aromatic carbocycles. The second-order valence-corrected chi connectivity index (χ2v) is 4.94. The highest BCUT2D eigenvalue weighted by molar-refractivity contribution is 4.84. The number of hydrogen-bond acceptors (Lipinski definition) is 3. The molecule has 1 heterocycles. The monoisotopic (exact) mass is 212 g/mol. The van der Waals surface area contributed by atoms with Crippen molar-refractivity contribution in [2.75, 3.05) is 19.8 Å². The molecular weight excluding hydrogens is 188 g/mol. The molecule has 2 rings (SSSR count). The van der Waals surface area contributed by atoms with Gasteiger partial charge in [-0.25, -0.2) is 0 Å². The molecule has 0 spiro atoms. The zero-order valence-corrected chi connectivity index (χ0v) is 9.58. The van der Waals surface area contributed by atoms with Gasteiger partial charge in [-0.1, -0.05) is 12.8 Å². The van der Waals surface area contributed by atoms with Crippen LogP contribution in [0.3, 0.4) is 0 Å². The van der Waals surface area contributed by atoms with Crippen molar-refractivity contribution in [3.63, 3.8) is 0 Å². The molecule has 1 saturated heterocycles. The lowest BCUT2D eigenvalue weighted by Crippen LogP contribution is -2.48. The van der Waals surface area contributed by atoms with E-state index in [1.54, 1.807) is 0 Å². The van der Waals surface area contributed by atoms with E-state index in [-0.39, 0.29) is 0 Å². The van der Waals surface area contributed by atoms with Gasteiger partial charge in [0, 0.05) is 31.8 Å². The molecule has 1 saturated carbocycles. The molecule has 1 aliphatic heterocycles. The molecular formula is C12H24N2O. The fourth-order valence-electron chi connectivity index (χ4n) is 2.92. The molecule has 2 aliphatic rings. The van der Waals surface area contributed by atoms with Gasteiger partial charge >= 0.3 is 0 Å². The first-order chi connectivity index (χ1) is 7.40. The van der Waals surface area contributed by atoms with E-state index in [2.05, 4.69) is 5.32 Å². The molecule has 0 radical (unpaired) electrons. The van der Waals surface area contributed by atoms with Crippen molar-refractivity contribution in [2.45, 2.75) is 50.6 Å². The van der Waals surface area contributed by atoms with Gasteiger partial charge in [-0.3, -0.25) is 0 Å². The topological polar surface area (TPSA) is 47.3 Å². The lowest BCUT2D eigenvalue weighted by Gasteiger charge is -2.31. The Morgan fingerprint density at radius 2 is 1.80 bits per heavy atom. The zero-order chi connectivity index (χ0) is 10.5. The highest BCUT2D eigenvalue weighted by Gasteiger charge is 2.26. The SMILES string of the molecule is NCC(NC1CCOCC1)C1CCCC1. The van der Waals surface area contributed by atoms with Crippen molar-refractivity contribution in [1.82, 2.24) is 5.32 Å². The Balaban J connectivity index is 1.78. The molecule has 88 valence electrons. The summed E-state index contributed by atoms with van der Waals surface area (Å²) in [6.45, 7) is 2.63. The van der Waals surface area contributed by atoms with E-state index in [9.17, 15) is 0 Å². The average molecular weight is 212 g/mol. The van der Waals surface area contributed by atoms with Crippen LogP contribution in [0.2, 0.25) is 0 Å². The van der Waals surface area contributed by atoms with E-state index >= 15 is 0 Å². The van der Waals surface area contributed by atoms with Crippen LogP contribution in [0.4, 0.5) is 0 Å². The number of ether oxygens (including phenoxy) is 1. The fraction of sp³-hybridized carbons (Fsp3) is 1.00. The van der Waals surface area contributed by atoms with Crippen LogP contribution in [0.15, 0.2) is 0 Å². The second kappa shape index (κ2) is 5.83. The minimum atomic E-state index is 0.551. The Labute approximate surface area is 92.7 Å². The fourth-order valence-corrected chi connectivity index (χ4v) is 2.92. The molecule has 1 atom stereocenters. The molecule has 0 amide bonds. The van der Waals surface area contributed by atoms with Gasteiger partial charge in [-0.2, -0.15) is 0 Å². The summed E-state index contributed by atoms with van der Waals surface area (Å²) in [5.41, 5.74) is 5.88. The van der Waals surface area contributed by atoms with E-state index < -0.39 is 0 Å². The van der Waals surface area contributed by atoms with Gasteiger partial charge in [-0.15, -0.1) is 0 Å². The number of rotatable bonds is 4. The normalized spacial score (nSPS) is 27.0. The summed E-state index contributed by atoms with van der Waals surface area (Å²) < 4.78 is 5.37. The van der Waals surface area contributed by atoms with E-state index in [4.69, 9.17) is 10.5 Å². The van der Waals surface area contributed by atoms with Crippen molar-refractivity contribution in [1.29, 1.82) is 0 Å². The first-order valence-corrected chi connectivity index (χ1v) is 6.44. The molecule has 15 heavy (non-hydrogen) atoms. The Hall–Kier alpha value is -0.120. The summed E-state index contributed by atoms with van der Waals surface area (Å²) in [4.78, 5) is 0. The van der Waals surface area contributed by atoms with E-state index in [1.165, 1.54) is 25.7 Å². The highest BCUT2D eigenvalue weighted by atomic mass is 16.5. The molecule has 1 unspecified atom stereocenters. The number of nitrogens with two attached hydrogens (primary N) is 1. The maximum Gasteiger partial charge on any atom is 0.0480 e. The van der Waals surface area contributed by atoms with Crippen molar-refractivity contribution in [3.05, 3.63) is 0 Å². The summed E-state index contributed by atoms with van der Waals surface area (Å²) in [6, 6.07) is 1.20. The van der Waals surface area contributed by atoms with Gasteiger partial charge < -0.3 is 15.8 Å². The molecule has 0 aromatic heterocycles. The molecule has 0 bridgehead atoms. The standard InChI is InChI=1S/C12H24N2O/c13-9-12(10-3-1-2-4-10)14-11-5-7-15-8-6-11/h10-12,14H,1-9,13H2. The maximum absolute atomic E-state index is 5.88. The summed E-state index contributed by atoms with van der Waals surface area (Å²) in [7, 11) is 0. The van der Waals surface area contributed by atoms with Gasteiger partial charge in [0.05, 0.1) is 0 Å². The Bertz CT molecular complexity index is 174. The van der Waals surface area contributed by atoms with Crippen LogP contribution in [0.1, 0.15) is 38.5 Å². The first kappa shape index (κ1) is 11.4. The molecule has 2 fully saturated rings. The van der Waals surface area contributed by atoms with E-state index in [0.717, 1.165) is 38.5 Å². The second-order valence-electron chi connectivity index (χ2n) is 4.94. The molecule has 3 nitrogen and oxygen atoms in total. The number of nitrogens with one attached hydrogen (secondary N) is 1. The lowest BCUT2D eigenvalue weighted by atomic mass is 9.96. The highest BCUT2D eigenvalue weighted by Crippen LogP contribution is 2.28. The predicted molar refractivity (Wildman–Crippen MR) is 61.8 cm³/mol. The molecule has 0 aromatic rings. The van der Waals surface area contributed by atoms with Gasteiger partial charge in [-0.05, 0) is 31.6 Å². The quantitative estimate of drug-likeness (QED) is 0.738. The van der Waals surface area contributed by atoms with E-state index in [0.29, 0.717) is 12.1 Å².